The number of aromatic nitrogens is 5. The predicted octanol–water partition coefficient (Wildman–Crippen LogP) is -0.0735. The Morgan fingerprint density at radius 2 is 2.38 bits per heavy atom. The van der Waals surface area contributed by atoms with Crippen molar-refractivity contribution in [3.63, 3.8) is 0 Å². The van der Waals surface area contributed by atoms with Gasteiger partial charge in [-0.3, -0.25) is 9.78 Å². The Kier molecular flexibility index (Phi) is 1.51. The van der Waals surface area contributed by atoms with E-state index in [1.54, 1.807) is 13.2 Å². The topological polar surface area (TPSA) is 85.4 Å². The van der Waals surface area contributed by atoms with Gasteiger partial charge < -0.3 is 5.73 Å². The van der Waals surface area contributed by atoms with Gasteiger partial charge in [-0.05, 0) is 0 Å². The normalized spacial score (nSPS) is 10.6. The van der Waals surface area contributed by atoms with E-state index in [1.165, 1.54) is 4.68 Å². The molecular weight excluding hydrogens is 175 g/mol. The van der Waals surface area contributed by atoms with Gasteiger partial charge in [-0.15, -0.1) is 5.10 Å². The van der Waals surface area contributed by atoms with Crippen LogP contribution in [0.25, 0.3) is 11.4 Å². The number of nitrogen functional groups attached to an aromatic ring is 1. The molecule has 0 radical (unpaired) electrons. The second kappa shape index (κ2) is 2.54. The zero-order chi connectivity index (χ0) is 9.42. The van der Waals surface area contributed by atoms with Crippen LogP contribution < -0.4 is 5.73 Å². The highest BCUT2D eigenvalue weighted by Crippen LogP contribution is 2.20. The molecule has 2 rings (SSSR count). The second-order valence-electron chi connectivity index (χ2n) is 2.58. The van der Waals surface area contributed by atoms with Crippen molar-refractivity contribution < 1.29 is 4.39 Å². The molecule has 2 aromatic rings. The zero-order valence-electron chi connectivity index (χ0n) is 6.82. The summed E-state index contributed by atoms with van der Waals surface area (Å²) in [5.41, 5.74) is 5.75. The van der Waals surface area contributed by atoms with Crippen molar-refractivity contribution >= 4 is 5.82 Å². The monoisotopic (exact) mass is 182 g/mol. The number of hydrogen-bond acceptors (Lipinski definition) is 4. The molecule has 0 saturated heterocycles. The lowest BCUT2D eigenvalue weighted by atomic mass is 10.3. The highest BCUT2D eigenvalue weighted by molar-refractivity contribution is 5.57. The number of hydrogen-bond donors (Lipinski definition) is 2. The van der Waals surface area contributed by atoms with E-state index in [0.717, 1.165) is 0 Å². The van der Waals surface area contributed by atoms with Gasteiger partial charge in [0, 0.05) is 7.05 Å². The van der Waals surface area contributed by atoms with Crippen LogP contribution in [-0.2, 0) is 7.05 Å². The number of H-pyrrole nitrogens is 1. The molecule has 2 heterocycles. The average Bonchev–Trinajstić information content (AvgIpc) is 2.62. The largest absolute Gasteiger partial charge is 0.380 e. The van der Waals surface area contributed by atoms with Crippen LogP contribution in [0.3, 0.4) is 0 Å². The summed E-state index contributed by atoms with van der Waals surface area (Å²) in [5.74, 6) is -0.763. The average molecular weight is 182 g/mol. The van der Waals surface area contributed by atoms with Crippen LogP contribution in [0, 0.1) is 5.82 Å². The van der Waals surface area contributed by atoms with Gasteiger partial charge in [-0.25, -0.2) is 4.39 Å². The minimum absolute atomic E-state index is 0.158. The van der Waals surface area contributed by atoms with Crippen molar-refractivity contribution in [2.75, 3.05) is 5.73 Å². The predicted molar refractivity (Wildman–Crippen MR) is 43.0 cm³/mol. The summed E-state index contributed by atoms with van der Waals surface area (Å²) in [6.07, 6.45) is 1.57. The maximum absolute atomic E-state index is 13.2. The number of aryl methyl sites for hydroxylation is 1. The van der Waals surface area contributed by atoms with E-state index in [0.29, 0.717) is 5.69 Å². The van der Waals surface area contributed by atoms with E-state index in [1.807, 2.05) is 0 Å². The van der Waals surface area contributed by atoms with Crippen molar-refractivity contribution in [1.82, 2.24) is 25.2 Å². The van der Waals surface area contributed by atoms with Crippen LogP contribution in [-0.4, -0.2) is 25.2 Å². The first-order valence-electron chi connectivity index (χ1n) is 3.54. The summed E-state index contributed by atoms with van der Waals surface area (Å²) >= 11 is 0. The SMILES string of the molecule is Cn1cc(-c2[nH]nc(N)c2F)nn1. The molecule has 3 N–H and O–H groups in total. The third kappa shape index (κ3) is 1.13. The number of nitrogens with two attached hydrogens (primary N) is 1. The van der Waals surface area contributed by atoms with Crippen molar-refractivity contribution in [1.29, 1.82) is 0 Å². The number of anilines is 1. The summed E-state index contributed by atoms with van der Waals surface area (Å²) in [5, 5.41) is 13.3. The summed E-state index contributed by atoms with van der Waals surface area (Å²) in [7, 11) is 1.69. The van der Waals surface area contributed by atoms with Crippen LogP contribution in [0.2, 0.25) is 0 Å². The third-order valence-corrected chi connectivity index (χ3v) is 1.59. The molecule has 0 aromatic carbocycles. The molecule has 0 saturated carbocycles. The Bertz CT molecular complexity index is 430. The zero-order valence-corrected chi connectivity index (χ0v) is 6.82. The van der Waals surface area contributed by atoms with Gasteiger partial charge in [0.15, 0.2) is 11.6 Å². The molecular formula is C6H7FN6. The van der Waals surface area contributed by atoms with Gasteiger partial charge in [-0.1, -0.05) is 5.21 Å². The molecule has 0 fully saturated rings. The fourth-order valence-corrected chi connectivity index (χ4v) is 0.974. The molecule has 2 aromatic heterocycles. The second-order valence-corrected chi connectivity index (χ2v) is 2.58. The summed E-state index contributed by atoms with van der Waals surface area (Å²) in [6.45, 7) is 0. The molecule has 0 aliphatic rings. The third-order valence-electron chi connectivity index (χ3n) is 1.59. The number of nitrogens with zero attached hydrogens (tertiary/aromatic N) is 4. The molecule has 68 valence electrons. The van der Waals surface area contributed by atoms with Gasteiger partial charge >= 0.3 is 0 Å². The van der Waals surface area contributed by atoms with Crippen LogP contribution in [0.15, 0.2) is 6.20 Å². The molecule has 13 heavy (non-hydrogen) atoms. The van der Waals surface area contributed by atoms with Crippen molar-refractivity contribution in [2.45, 2.75) is 0 Å². The molecule has 0 bridgehead atoms. The molecule has 0 amide bonds. The van der Waals surface area contributed by atoms with Gasteiger partial charge in [0.2, 0.25) is 0 Å². The van der Waals surface area contributed by atoms with E-state index in [9.17, 15) is 4.39 Å². The van der Waals surface area contributed by atoms with Gasteiger partial charge in [0.25, 0.3) is 0 Å². The fraction of sp³-hybridized carbons (Fsp3) is 0.167. The van der Waals surface area contributed by atoms with Crippen molar-refractivity contribution in [3.8, 4) is 11.4 Å². The van der Waals surface area contributed by atoms with E-state index in [-0.39, 0.29) is 11.5 Å². The van der Waals surface area contributed by atoms with E-state index < -0.39 is 5.82 Å². The van der Waals surface area contributed by atoms with Crippen molar-refractivity contribution in [2.24, 2.45) is 7.05 Å². The van der Waals surface area contributed by atoms with E-state index >= 15 is 0 Å². The molecule has 7 heteroatoms. The Morgan fingerprint density at radius 1 is 1.62 bits per heavy atom. The molecule has 6 nitrogen and oxygen atoms in total. The fourth-order valence-electron chi connectivity index (χ4n) is 0.974. The molecule has 0 unspecified atom stereocenters. The van der Waals surface area contributed by atoms with Crippen LogP contribution in [0.4, 0.5) is 10.2 Å². The molecule has 0 spiro atoms. The number of halogens is 1. The molecule has 0 atom stereocenters. The van der Waals surface area contributed by atoms with Gasteiger partial charge in [0.1, 0.15) is 11.4 Å². The minimum atomic E-state index is -0.597. The quantitative estimate of drug-likeness (QED) is 0.646. The summed E-state index contributed by atoms with van der Waals surface area (Å²) in [6, 6.07) is 0. The van der Waals surface area contributed by atoms with E-state index in [2.05, 4.69) is 20.5 Å². The first-order valence-corrected chi connectivity index (χ1v) is 3.54. The Hall–Kier alpha value is -1.92. The van der Waals surface area contributed by atoms with Gasteiger partial charge in [0.05, 0.1) is 6.20 Å². The molecule has 0 aliphatic carbocycles. The lowest BCUT2D eigenvalue weighted by molar-refractivity contribution is 0.636. The lowest BCUT2D eigenvalue weighted by Crippen LogP contribution is -1.87. The first kappa shape index (κ1) is 7.71. The standard InChI is InChI=1S/C6H7FN6/c1-13-2-3(9-12-13)5-4(7)6(8)11-10-5/h2H,1H3,(H3,8,10,11). The maximum Gasteiger partial charge on any atom is 0.194 e. The Labute approximate surface area is 72.6 Å². The minimum Gasteiger partial charge on any atom is -0.380 e. The summed E-state index contributed by atoms with van der Waals surface area (Å²) < 4.78 is 14.6. The Balaban J connectivity index is 2.52. The van der Waals surface area contributed by atoms with Gasteiger partial charge in [-0.2, -0.15) is 5.10 Å². The maximum atomic E-state index is 13.2. The highest BCUT2D eigenvalue weighted by Gasteiger charge is 2.14. The number of rotatable bonds is 1. The number of aromatic amines is 1. The Morgan fingerprint density at radius 3 is 2.85 bits per heavy atom. The first-order chi connectivity index (χ1) is 6.18. The van der Waals surface area contributed by atoms with Crippen LogP contribution in [0.5, 0.6) is 0 Å². The van der Waals surface area contributed by atoms with Crippen molar-refractivity contribution in [3.05, 3.63) is 12.0 Å². The number of nitrogens with one attached hydrogen (secondary N) is 1. The van der Waals surface area contributed by atoms with E-state index in [4.69, 9.17) is 5.73 Å². The molecule has 0 aliphatic heterocycles. The lowest BCUT2D eigenvalue weighted by Gasteiger charge is -1.87. The van der Waals surface area contributed by atoms with Crippen LogP contribution in [0.1, 0.15) is 0 Å². The van der Waals surface area contributed by atoms with Crippen LogP contribution >= 0.6 is 0 Å². The summed E-state index contributed by atoms with van der Waals surface area (Å²) in [4.78, 5) is 0. The highest BCUT2D eigenvalue weighted by atomic mass is 19.1. The smallest absolute Gasteiger partial charge is 0.194 e.